The number of anilines is 1. The summed E-state index contributed by atoms with van der Waals surface area (Å²) in [5.41, 5.74) is 9.60. The Morgan fingerprint density at radius 3 is 2.94 bits per heavy atom. The maximum Gasteiger partial charge on any atom is 0.320 e. The predicted octanol–water partition coefficient (Wildman–Crippen LogP) is 0.907. The average molecular weight is 247 g/mol. The molecule has 5 nitrogen and oxygen atoms in total. The second-order valence-corrected chi connectivity index (χ2v) is 3.23. The van der Waals surface area contributed by atoms with Crippen molar-refractivity contribution in [2.24, 2.45) is 5.73 Å². The molecule has 0 bridgehead atoms. The van der Waals surface area contributed by atoms with Crippen LogP contribution < -0.4 is 11.5 Å². The topological polar surface area (TPSA) is 106 Å². The highest BCUT2D eigenvalue weighted by atomic mass is 35.5. The van der Waals surface area contributed by atoms with Crippen LogP contribution in [-0.2, 0) is 4.79 Å². The van der Waals surface area contributed by atoms with Crippen LogP contribution in [0.4, 0.5) is 5.69 Å². The van der Waals surface area contributed by atoms with Gasteiger partial charge in [0.1, 0.15) is 6.02 Å². The third kappa shape index (κ3) is 2.95. The molecule has 6 heteroatoms. The summed E-state index contributed by atoms with van der Waals surface area (Å²) >= 11 is 5.61. The zero-order valence-corrected chi connectivity index (χ0v) is 8.71. The molecule has 0 saturated heterocycles. The van der Waals surface area contributed by atoms with Crippen molar-refractivity contribution >= 4 is 29.0 Å². The van der Waals surface area contributed by atoms with Crippen molar-refractivity contribution in [3.8, 4) is 0 Å². The summed E-state index contributed by atoms with van der Waals surface area (Å²) in [7, 11) is 0. The van der Waals surface area contributed by atoms with Gasteiger partial charge in [-0.25, -0.2) is 0 Å². The SMILES string of the molecule is [2H]c1cc(Cl)c([2H])c(N)c1C(=O)C([2H])C([2H])(N)C(=O)O. The van der Waals surface area contributed by atoms with Gasteiger partial charge in [-0.1, -0.05) is 11.6 Å². The van der Waals surface area contributed by atoms with Crippen LogP contribution in [0, 0.1) is 0 Å². The highest BCUT2D eigenvalue weighted by Gasteiger charge is 2.18. The van der Waals surface area contributed by atoms with Crippen molar-refractivity contribution in [1.82, 2.24) is 0 Å². The van der Waals surface area contributed by atoms with Crippen LogP contribution in [0.15, 0.2) is 18.2 Å². The fourth-order valence-electron chi connectivity index (χ4n) is 0.920. The van der Waals surface area contributed by atoms with Crippen LogP contribution in [0.25, 0.3) is 0 Å². The summed E-state index contributed by atoms with van der Waals surface area (Å²) in [6, 6.07) is -2.80. The first-order valence-electron chi connectivity index (χ1n) is 6.13. The van der Waals surface area contributed by atoms with Crippen molar-refractivity contribution < 1.29 is 20.2 Å². The lowest BCUT2D eigenvalue weighted by Gasteiger charge is -2.07. The van der Waals surface area contributed by atoms with E-state index in [0.29, 0.717) is 0 Å². The van der Waals surface area contributed by atoms with Crippen molar-refractivity contribution in [2.75, 3.05) is 5.73 Å². The number of hydrogen-bond donors (Lipinski definition) is 3. The highest BCUT2D eigenvalue weighted by Crippen LogP contribution is 2.19. The number of nitrogen functional groups attached to an aromatic ring is 1. The lowest BCUT2D eigenvalue weighted by molar-refractivity contribution is -0.138. The molecule has 0 fully saturated rings. The molecule has 2 unspecified atom stereocenters. The average Bonchev–Trinajstić information content (AvgIpc) is 2.34. The molecule has 5 N–H and O–H groups in total. The van der Waals surface area contributed by atoms with Gasteiger partial charge in [0.25, 0.3) is 0 Å². The molecule has 0 radical (unpaired) electrons. The molecule has 16 heavy (non-hydrogen) atoms. The van der Waals surface area contributed by atoms with E-state index in [1.165, 1.54) is 0 Å². The highest BCUT2D eigenvalue weighted by molar-refractivity contribution is 6.31. The lowest BCUT2D eigenvalue weighted by atomic mass is 10.0. The van der Waals surface area contributed by atoms with Crippen molar-refractivity contribution in [1.29, 1.82) is 0 Å². The van der Waals surface area contributed by atoms with Gasteiger partial charge in [-0.15, -0.1) is 0 Å². The Kier molecular flexibility index (Phi) is 2.37. The van der Waals surface area contributed by atoms with E-state index in [4.69, 9.17) is 33.7 Å². The second kappa shape index (κ2) is 4.96. The third-order valence-corrected chi connectivity index (χ3v) is 1.85. The Labute approximate surface area is 103 Å². The van der Waals surface area contributed by atoms with E-state index < -0.39 is 47.5 Å². The number of hydrogen-bond acceptors (Lipinski definition) is 4. The summed E-state index contributed by atoms with van der Waals surface area (Å²) < 4.78 is 29.9. The number of halogens is 1. The number of benzene rings is 1. The fraction of sp³-hybridized carbons (Fsp3) is 0.200. The molecular weight excluding hydrogens is 232 g/mol. The van der Waals surface area contributed by atoms with E-state index >= 15 is 0 Å². The van der Waals surface area contributed by atoms with Gasteiger partial charge in [0.05, 0.1) is 4.11 Å². The zero-order valence-electron chi connectivity index (χ0n) is 12.0. The number of rotatable bonds is 4. The number of aliphatic carboxylic acids is 1. The van der Waals surface area contributed by atoms with Crippen molar-refractivity contribution in [3.63, 3.8) is 0 Å². The van der Waals surface area contributed by atoms with Gasteiger partial charge in [0.2, 0.25) is 0 Å². The van der Waals surface area contributed by atoms with Gasteiger partial charge in [-0.2, -0.15) is 0 Å². The summed E-state index contributed by atoms with van der Waals surface area (Å²) in [4.78, 5) is 22.8. The van der Waals surface area contributed by atoms with Crippen molar-refractivity contribution in [3.05, 3.63) is 28.7 Å². The Morgan fingerprint density at radius 1 is 1.75 bits per heavy atom. The standard InChI is InChI=1S/C10H11ClN2O3/c11-5-1-2-6(7(12)3-5)9(14)4-8(13)10(15)16/h1-3,8H,4,12-13H2,(H,15,16)/i2D,3D,4D,8D. The number of carboxylic acids is 1. The van der Waals surface area contributed by atoms with Gasteiger partial charge in [0, 0.05) is 24.0 Å². The summed E-state index contributed by atoms with van der Waals surface area (Å²) in [5, 5.41) is 8.57. The maximum absolute atomic E-state index is 12.0. The molecule has 0 aromatic heterocycles. The van der Waals surface area contributed by atoms with Gasteiger partial charge in [-0.05, 0) is 18.2 Å². The predicted molar refractivity (Wildman–Crippen MR) is 60.4 cm³/mol. The Hall–Kier alpha value is -1.59. The first-order valence-corrected chi connectivity index (χ1v) is 4.43. The molecule has 86 valence electrons. The Bertz CT molecular complexity index is 594. The summed E-state index contributed by atoms with van der Waals surface area (Å²) in [5.74, 6) is -3.09. The summed E-state index contributed by atoms with van der Waals surface area (Å²) in [6.07, 6.45) is -2.20. The fourth-order valence-corrected chi connectivity index (χ4v) is 1.08. The van der Waals surface area contributed by atoms with E-state index in [1.54, 1.807) is 0 Å². The molecule has 0 aliphatic heterocycles. The maximum atomic E-state index is 12.0. The molecule has 0 spiro atoms. The van der Waals surface area contributed by atoms with Crippen LogP contribution in [-0.4, -0.2) is 22.9 Å². The van der Waals surface area contributed by atoms with Gasteiger partial charge >= 0.3 is 5.97 Å². The summed E-state index contributed by atoms with van der Waals surface area (Å²) in [6.45, 7) is 0. The first-order chi connectivity index (χ1) is 9.01. The minimum Gasteiger partial charge on any atom is -0.480 e. The number of carboxylic acid groups (broad SMARTS) is 1. The molecule has 1 aromatic carbocycles. The Balaban J connectivity index is 3.37. The number of nitrogens with two attached hydrogens (primary N) is 2. The van der Waals surface area contributed by atoms with Crippen LogP contribution in [0.1, 0.15) is 22.2 Å². The zero-order chi connectivity index (χ0) is 15.8. The van der Waals surface area contributed by atoms with Crippen LogP contribution in [0.5, 0.6) is 0 Å². The largest absolute Gasteiger partial charge is 0.480 e. The molecule has 0 saturated carbocycles. The second-order valence-electron chi connectivity index (χ2n) is 2.82. The molecule has 1 rings (SSSR count). The molecule has 0 aliphatic carbocycles. The van der Waals surface area contributed by atoms with Gasteiger partial charge in [-0.3, -0.25) is 9.59 Å². The number of carbonyl (C=O) groups excluding carboxylic acids is 1. The monoisotopic (exact) mass is 246 g/mol. The molecule has 0 heterocycles. The normalized spacial score (nSPS) is 19.6. The van der Waals surface area contributed by atoms with Gasteiger partial charge in [0.15, 0.2) is 5.78 Å². The smallest absolute Gasteiger partial charge is 0.320 e. The van der Waals surface area contributed by atoms with E-state index in [2.05, 4.69) is 0 Å². The third-order valence-electron chi connectivity index (χ3n) is 1.65. The van der Waals surface area contributed by atoms with Crippen LogP contribution in [0.2, 0.25) is 5.02 Å². The van der Waals surface area contributed by atoms with E-state index in [9.17, 15) is 9.59 Å². The Morgan fingerprint density at radius 2 is 2.38 bits per heavy atom. The van der Waals surface area contributed by atoms with Crippen LogP contribution in [0.3, 0.4) is 0 Å². The molecule has 0 aliphatic rings. The molecular formula is C10H11ClN2O3. The van der Waals surface area contributed by atoms with E-state index in [0.717, 1.165) is 6.07 Å². The molecule has 2 atom stereocenters. The lowest BCUT2D eigenvalue weighted by Crippen LogP contribution is -2.32. The van der Waals surface area contributed by atoms with Gasteiger partial charge < -0.3 is 16.6 Å². The van der Waals surface area contributed by atoms with E-state index in [1.807, 2.05) is 0 Å². The molecule has 0 amide bonds. The quantitative estimate of drug-likeness (QED) is 0.541. The number of carbonyl (C=O) groups is 2. The molecule has 1 aromatic rings. The number of Topliss-reactive ketones (excluding diaryl/α,β-unsaturated/α-hetero) is 1. The van der Waals surface area contributed by atoms with E-state index in [-0.39, 0.29) is 5.02 Å². The van der Waals surface area contributed by atoms with Crippen LogP contribution >= 0.6 is 11.6 Å². The number of ketones is 1. The van der Waals surface area contributed by atoms with Crippen molar-refractivity contribution in [2.45, 2.75) is 12.4 Å². The first kappa shape index (κ1) is 7.65. The minimum absolute atomic E-state index is 0.159. The minimum atomic E-state index is -2.89.